The van der Waals surface area contributed by atoms with E-state index in [2.05, 4.69) is 11.4 Å². The Bertz CT molecular complexity index is 456. The van der Waals surface area contributed by atoms with Crippen molar-refractivity contribution in [2.24, 2.45) is 0 Å². The second-order valence-corrected chi connectivity index (χ2v) is 5.30. The van der Waals surface area contributed by atoms with Crippen molar-refractivity contribution in [1.29, 1.82) is 0 Å². The Hall–Kier alpha value is -1.39. The number of rotatable bonds is 3. The molecule has 0 bridgehead atoms. The van der Waals surface area contributed by atoms with E-state index < -0.39 is 5.79 Å². The highest BCUT2D eigenvalue weighted by Crippen LogP contribution is 2.24. The van der Waals surface area contributed by atoms with Crippen LogP contribution in [0.3, 0.4) is 0 Å². The third kappa shape index (κ3) is 3.78. The molecule has 2 rings (SSSR count). The van der Waals surface area contributed by atoms with Crippen molar-refractivity contribution in [3.05, 3.63) is 29.8 Å². The van der Waals surface area contributed by atoms with Crippen LogP contribution >= 0.6 is 0 Å². The van der Waals surface area contributed by atoms with Crippen molar-refractivity contribution in [1.82, 2.24) is 0 Å². The van der Waals surface area contributed by atoms with Gasteiger partial charge >= 0.3 is 0 Å². The molecular weight excluding hydrogens is 242 g/mol. The van der Waals surface area contributed by atoms with Crippen LogP contribution in [0.4, 0.5) is 5.69 Å². The van der Waals surface area contributed by atoms with E-state index in [9.17, 15) is 4.79 Å². The molecule has 1 heterocycles. The van der Waals surface area contributed by atoms with Crippen LogP contribution in [0, 0.1) is 0 Å². The number of nitrogens with one attached hydrogen (secondary N) is 1. The van der Waals surface area contributed by atoms with Gasteiger partial charge in [-0.3, -0.25) is 4.79 Å². The van der Waals surface area contributed by atoms with Gasteiger partial charge in [-0.05, 0) is 25.5 Å². The molecule has 0 fully saturated rings. The Kier molecular flexibility index (Phi) is 4.22. The Labute approximate surface area is 114 Å². The van der Waals surface area contributed by atoms with Crippen LogP contribution < -0.4 is 5.32 Å². The molecule has 1 unspecified atom stereocenters. The number of hydrogen-bond acceptors (Lipinski definition) is 4. The van der Waals surface area contributed by atoms with Gasteiger partial charge in [-0.15, -0.1) is 0 Å². The van der Waals surface area contributed by atoms with E-state index in [4.69, 9.17) is 9.47 Å². The number of anilines is 1. The second-order valence-electron chi connectivity index (χ2n) is 5.30. The molecule has 0 saturated carbocycles. The van der Waals surface area contributed by atoms with Crippen LogP contribution in [0.5, 0.6) is 0 Å². The van der Waals surface area contributed by atoms with E-state index in [-0.39, 0.29) is 11.9 Å². The molecule has 0 saturated heterocycles. The van der Waals surface area contributed by atoms with Crippen molar-refractivity contribution >= 4 is 11.5 Å². The molecule has 0 amide bonds. The number of carbonyl (C=O) groups is 1. The average Bonchev–Trinajstić information content (AvgIpc) is 2.35. The van der Waals surface area contributed by atoms with Gasteiger partial charge in [0.05, 0.1) is 12.6 Å². The summed E-state index contributed by atoms with van der Waals surface area (Å²) in [6.07, 6.45) is 0.973. The standard InChI is InChI=1S/C15H21NO3/c1-15(2,18-3)19-13-8-11-6-4-5-7-14(11)16-10-12(17)9-13/h4-7,13,16H,8-10H2,1-3H3. The zero-order valence-electron chi connectivity index (χ0n) is 11.7. The number of carbonyl (C=O) groups excluding carboxylic acids is 1. The summed E-state index contributed by atoms with van der Waals surface area (Å²) in [6.45, 7) is 4.07. The first-order chi connectivity index (χ1) is 9.00. The van der Waals surface area contributed by atoms with Gasteiger partial charge < -0.3 is 14.8 Å². The fraction of sp³-hybridized carbons (Fsp3) is 0.533. The number of para-hydroxylation sites is 1. The maximum Gasteiger partial charge on any atom is 0.162 e. The van der Waals surface area contributed by atoms with E-state index in [0.29, 0.717) is 19.4 Å². The van der Waals surface area contributed by atoms with Crippen molar-refractivity contribution in [3.63, 3.8) is 0 Å². The minimum Gasteiger partial charge on any atom is -0.378 e. The van der Waals surface area contributed by atoms with Gasteiger partial charge in [0.15, 0.2) is 11.6 Å². The van der Waals surface area contributed by atoms with Gasteiger partial charge in [0, 0.05) is 25.6 Å². The second kappa shape index (κ2) is 5.72. The summed E-state index contributed by atoms with van der Waals surface area (Å²) >= 11 is 0. The summed E-state index contributed by atoms with van der Waals surface area (Å²) in [4.78, 5) is 11.8. The lowest BCUT2D eigenvalue weighted by molar-refractivity contribution is -0.223. The topological polar surface area (TPSA) is 47.6 Å². The predicted octanol–water partition coefficient (Wildman–Crippen LogP) is 2.38. The fourth-order valence-corrected chi connectivity index (χ4v) is 2.24. The Morgan fingerprint density at radius 3 is 2.74 bits per heavy atom. The quantitative estimate of drug-likeness (QED) is 0.851. The fourth-order valence-electron chi connectivity index (χ4n) is 2.24. The maximum atomic E-state index is 11.8. The van der Waals surface area contributed by atoms with Crippen LogP contribution in [-0.4, -0.2) is 31.3 Å². The molecule has 0 aromatic heterocycles. The van der Waals surface area contributed by atoms with E-state index in [1.165, 1.54) is 5.56 Å². The smallest absolute Gasteiger partial charge is 0.162 e. The molecule has 1 aromatic rings. The molecule has 19 heavy (non-hydrogen) atoms. The SMILES string of the molecule is COC(C)(C)OC1CC(=O)CNc2ccccc2C1. The highest BCUT2D eigenvalue weighted by atomic mass is 16.7. The minimum atomic E-state index is -0.674. The first kappa shape index (κ1) is 14.0. The lowest BCUT2D eigenvalue weighted by Gasteiger charge is -2.31. The van der Waals surface area contributed by atoms with Gasteiger partial charge in [-0.25, -0.2) is 0 Å². The molecule has 1 aliphatic heterocycles. The van der Waals surface area contributed by atoms with Crippen molar-refractivity contribution < 1.29 is 14.3 Å². The van der Waals surface area contributed by atoms with Gasteiger partial charge in [0.25, 0.3) is 0 Å². The van der Waals surface area contributed by atoms with Crippen LogP contribution in [0.2, 0.25) is 0 Å². The Balaban J connectivity index is 2.19. The summed E-state index contributed by atoms with van der Waals surface area (Å²) in [5.41, 5.74) is 2.19. The monoisotopic (exact) mass is 263 g/mol. The van der Waals surface area contributed by atoms with Crippen molar-refractivity contribution in [2.75, 3.05) is 19.0 Å². The third-order valence-corrected chi connectivity index (χ3v) is 3.34. The Morgan fingerprint density at radius 2 is 2.00 bits per heavy atom. The van der Waals surface area contributed by atoms with Crippen molar-refractivity contribution in [3.8, 4) is 0 Å². The number of hydrogen-bond donors (Lipinski definition) is 1. The number of benzene rings is 1. The largest absolute Gasteiger partial charge is 0.378 e. The Morgan fingerprint density at radius 1 is 1.26 bits per heavy atom. The lowest BCUT2D eigenvalue weighted by atomic mass is 9.99. The zero-order valence-corrected chi connectivity index (χ0v) is 11.7. The summed E-state index contributed by atoms with van der Waals surface area (Å²) in [5, 5.41) is 3.18. The average molecular weight is 263 g/mol. The lowest BCUT2D eigenvalue weighted by Crippen LogP contribution is -2.36. The van der Waals surface area contributed by atoms with Gasteiger partial charge in [0.2, 0.25) is 0 Å². The van der Waals surface area contributed by atoms with Gasteiger partial charge in [-0.2, -0.15) is 0 Å². The molecule has 1 aliphatic rings. The molecule has 4 heteroatoms. The first-order valence-corrected chi connectivity index (χ1v) is 6.56. The molecule has 1 aromatic carbocycles. The number of methoxy groups -OCH3 is 1. The molecule has 0 spiro atoms. The van der Waals surface area contributed by atoms with E-state index in [0.717, 1.165) is 5.69 Å². The zero-order chi connectivity index (χ0) is 13.9. The molecule has 1 N–H and O–H groups in total. The van der Waals surface area contributed by atoms with Crippen LogP contribution in [0.15, 0.2) is 24.3 Å². The van der Waals surface area contributed by atoms with Crippen LogP contribution in [0.1, 0.15) is 25.8 Å². The van der Waals surface area contributed by atoms with Gasteiger partial charge in [0.1, 0.15) is 0 Å². The summed E-state index contributed by atoms with van der Waals surface area (Å²) in [7, 11) is 1.61. The highest BCUT2D eigenvalue weighted by Gasteiger charge is 2.27. The molecule has 1 atom stereocenters. The maximum absolute atomic E-state index is 11.8. The molecular formula is C15H21NO3. The van der Waals surface area contributed by atoms with E-state index >= 15 is 0 Å². The number of ketones is 1. The molecule has 0 aliphatic carbocycles. The number of fused-ring (bicyclic) bond motifs is 1. The summed E-state index contributed by atoms with van der Waals surface area (Å²) in [6, 6.07) is 8.02. The summed E-state index contributed by atoms with van der Waals surface area (Å²) < 4.78 is 11.2. The molecule has 0 radical (unpaired) electrons. The minimum absolute atomic E-state index is 0.148. The number of ether oxygens (including phenoxy) is 2. The molecule has 104 valence electrons. The van der Waals surface area contributed by atoms with Crippen LogP contribution in [0.25, 0.3) is 0 Å². The number of Topliss-reactive ketones (excluding diaryl/α,β-unsaturated/α-hetero) is 1. The normalized spacial score (nSPS) is 20.2. The first-order valence-electron chi connectivity index (χ1n) is 6.56. The molecule has 4 nitrogen and oxygen atoms in total. The highest BCUT2D eigenvalue weighted by molar-refractivity contribution is 5.84. The van der Waals surface area contributed by atoms with Crippen LogP contribution in [-0.2, 0) is 20.7 Å². The predicted molar refractivity (Wildman–Crippen MR) is 74.2 cm³/mol. The third-order valence-electron chi connectivity index (χ3n) is 3.34. The van der Waals surface area contributed by atoms with E-state index in [1.807, 2.05) is 32.0 Å². The van der Waals surface area contributed by atoms with E-state index in [1.54, 1.807) is 7.11 Å². The summed E-state index contributed by atoms with van der Waals surface area (Å²) in [5.74, 6) is -0.515. The van der Waals surface area contributed by atoms with Crippen molar-refractivity contribution in [2.45, 2.75) is 38.6 Å². The van der Waals surface area contributed by atoms with Gasteiger partial charge in [-0.1, -0.05) is 18.2 Å².